The van der Waals surface area contributed by atoms with Crippen molar-refractivity contribution in [3.63, 3.8) is 0 Å². The summed E-state index contributed by atoms with van der Waals surface area (Å²) in [5.74, 6) is 2.61. The number of hydrogen-bond donors (Lipinski definition) is 1. The summed E-state index contributed by atoms with van der Waals surface area (Å²) < 4.78 is 11.3. The first-order valence-electron chi connectivity index (χ1n) is 7.57. The van der Waals surface area contributed by atoms with Gasteiger partial charge in [-0.15, -0.1) is 0 Å². The summed E-state index contributed by atoms with van der Waals surface area (Å²) in [4.78, 5) is 4.34. The van der Waals surface area contributed by atoms with Gasteiger partial charge in [0.15, 0.2) is 5.89 Å². The molecule has 0 bridgehead atoms. The molecule has 2 rings (SSSR count). The summed E-state index contributed by atoms with van der Waals surface area (Å²) in [6.45, 7) is 7.07. The lowest BCUT2D eigenvalue weighted by atomic mass is 9.79. The first-order chi connectivity index (χ1) is 9.31. The van der Waals surface area contributed by atoms with Crippen molar-refractivity contribution in [2.24, 2.45) is 5.92 Å². The van der Waals surface area contributed by atoms with Crippen molar-refractivity contribution >= 4 is 0 Å². The molecular weight excluding hydrogens is 240 g/mol. The Hall–Kier alpha value is -0.870. The fraction of sp³-hybridized carbons (Fsp3) is 0.800. The van der Waals surface area contributed by atoms with Crippen molar-refractivity contribution < 1.29 is 9.15 Å². The minimum atomic E-state index is 0.482. The van der Waals surface area contributed by atoms with E-state index in [-0.39, 0.29) is 0 Å². The van der Waals surface area contributed by atoms with E-state index in [1.165, 1.54) is 19.3 Å². The average molecular weight is 266 g/mol. The quantitative estimate of drug-likeness (QED) is 0.698. The zero-order valence-electron chi connectivity index (χ0n) is 12.2. The molecule has 108 valence electrons. The number of nitrogens with zero attached hydrogens (tertiary/aromatic N) is 1. The van der Waals surface area contributed by atoms with Crippen LogP contribution in [-0.4, -0.2) is 30.8 Å². The van der Waals surface area contributed by atoms with Crippen molar-refractivity contribution in [3.05, 3.63) is 17.8 Å². The molecule has 1 aromatic rings. The molecule has 1 aliphatic rings. The molecule has 19 heavy (non-hydrogen) atoms. The first kappa shape index (κ1) is 14.5. The number of rotatable bonds is 9. The van der Waals surface area contributed by atoms with Gasteiger partial charge >= 0.3 is 0 Å². The molecule has 0 aliphatic heterocycles. The molecule has 4 heteroatoms. The van der Waals surface area contributed by atoms with Crippen LogP contribution in [0.3, 0.4) is 0 Å². The third-order valence-electron chi connectivity index (χ3n) is 3.63. The lowest BCUT2D eigenvalue weighted by Gasteiger charge is -2.34. The molecular formula is C15H26N2O2. The van der Waals surface area contributed by atoms with E-state index in [1.54, 1.807) is 0 Å². The number of ether oxygens (including phenoxy) is 1. The molecule has 0 radical (unpaired) electrons. The van der Waals surface area contributed by atoms with Gasteiger partial charge in [-0.3, -0.25) is 0 Å². The van der Waals surface area contributed by atoms with Crippen molar-refractivity contribution in [2.75, 3.05) is 19.7 Å². The van der Waals surface area contributed by atoms with Crippen molar-refractivity contribution in [1.29, 1.82) is 0 Å². The van der Waals surface area contributed by atoms with Gasteiger partial charge in [-0.1, -0.05) is 6.92 Å². The van der Waals surface area contributed by atoms with E-state index in [1.807, 2.05) is 6.20 Å². The Morgan fingerprint density at radius 1 is 1.37 bits per heavy atom. The van der Waals surface area contributed by atoms with Crippen LogP contribution in [0.15, 0.2) is 10.6 Å². The molecule has 1 aliphatic carbocycles. The van der Waals surface area contributed by atoms with Crippen LogP contribution in [0.5, 0.6) is 0 Å². The Morgan fingerprint density at radius 3 is 2.95 bits per heavy atom. The van der Waals surface area contributed by atoms with E-state index in [2.05, 4.69) is 24.1 Å². The maximum atomic E-state index is 5.77. The fourth-order valence-electron chi connectivity index (χ4n) is 2.55. The van der Waals surface area contributed by atoms with Crippen molar-refractivity contribution in [3.8, 4) is 0 Å². The van der Waals surface area contributed by atoms with Gasteiger partial charge in [0, 0.05) is 26.0 Å². The molecule has 0 atom stereocenters. The van der Waals surface area contributed by atoms with Crippen molar-refractivity contribution in [2.45, 2.75) is 52.1 Å². The molecule has 1 fully saturated rings. The maximum absolute atomic E-state index is 5.77. The van der Waals surface area contributed by atoms with Crippen LogP contribution >= 0.6 is 0 Å². The molecule has 0 saturated heterocycles. The lowest BCUT2D eigenvalue weighted by Crippen LogP contribution is -2.32. The molecule has 0 unspecified atom stereocenters. The topological polar surface area (TPSA) is 47.3 Å². The van der Waals surface area contributed by atoms with Crippen LogP contribution in [0.4, 0.5) is 0 Å². The number of nitrogens with one attached hydrogen (secondary N) is 1. The molecule has 1 heterocycles. The Bertz CT molecular complexity index is 359. The SMILES string of the molecule is CCCNCCc1ncc(CC2CC(OCC)C2)o1. The summed E-state index contributed by atoms with van der Waals surface area (Å²) >= 11 is 0. The van der Waals surface area contributed by atoms with E-state index in [0.29, 0.717) is 6.10 Å². The van der Waals surface area contributed by atoms with Crippen LogP contribution in [0.1, 0.15) is 44.8 Å². The largest absolute Gasteiger partial charge is 0.446 e. The van der Waals surface area contributed by atoms with Gasteiger partial charge in [0.25, 0.3) is 0 Å². The minimum absolute atomic E-state index is 0.482. The highest BCUT2D eigenvalue weighted by atomic mass is 16.5. The van der Waals surface area contributed by atoms with Gasteiger partial charge in [0.1, 0.15) is 5.76 Å². The predicted molar refractivity (Wildman–Crippen MR) is 75.2 cm³/mol. The molecule has 0 spiro atoms. The maximum Gasteiger partial charge on any atom is 0.195 e. The van der Waals surface area contributed by atoms with Crippen LogP contribution in [0, 0.1) is 5.92 Å². The second-order valence-corrected chi connectivity index (χ2v) is 5.34. The van der Waals surface area contributed by atoms with Gasteiger partial charge in [-0.25, -0.2) is 4.98 Å². The highest BCUT2D eigenvalue weighted by Gasteiger charge is 2.30. The predicted octanol–water partition coefficient (Wildman–Crippen LogP) is 2.57. The van der Waals surface area contributed by atoms with Gasteiger partial charge in [0.05, 0.1) is 12.3 Å². The molecule has 0 amide bonds. The second kappa shape index (κ2) is 7.65. The number of hydrogen-bond acceptors (Lipinski definition) is 4. The Kier molecular flexibility index (Phi) is 5.86. The molecule has 1 saturated carbocycles. The Morgan fingerprint density at radius 2 is 2.21 bits per heavy atom. The van der Waals surface area contributed by atoms with Crippen LogP contribution in [0.25, 0.3) is 0 Å². The summed E-state index contributed by atoms with van der Waals surface area (Å²) in [6, 6.07) is 0. The molecule has 1 N–H and O–H groups in total. The second-order valence-electron chi connectivity index (χ2n) is 5.34. The van der Waals surface area contributed by atoms with Crippen LogP contribution < -0.4 is 5.32 Å². The highest BCUT2D eigenvalue weighted by Crippen LogP contribution is 2.32. The summed E-state index contributed by atoms with van der Waals surface area (Å²) in [5.41, 5.74) is 0. The highest BCUT2D eigenvalue weighted by molar-refractivity contribution is 4.98. The number of oxazole rings is 1. The van der Waals surface area contributed by atoms with Crippen LogP contribution in [-0.2, 0) is 17.6 Å². The number of aromatic nitrogens is 1. The molecule has 4 nitrogen and oxygen atoms in total. The standard InChI is InChI=1S/C15H26N2O2/c1-3-6-16-7-5-15-17-11-14(19-15)10-12-8-13(9-12)18-4-2/h11-13,16H,3-10H2,1-2H3. The van der Waals surface area contributed by atoms with Gasteiger partial charge in [-0.2, -0.15) is 0 Å². The van der Waals surface area contributed by atoms with E-state index in [0.717, 1.165) is 50.1 Å². The van der Waals surface area contributed by atoms with Crippen LogP contribution in [0.2, 0.25) is 0 Å². The van der Waals surface area contributed by atoms with Gasteiger partial charge < -0.3 is 14.5 Å². The normalized spacial score (nSPS) is 22.4. The van der Waals surface area contributed by atoms with Crippen molar-refractivity contribution in [1.82, 2.24) is 10.3 Å². The molecule has 1 aromatic heterocycles. The lowest BCUT2D eigenvalue weighted by molar-refractivity contribution is -0.0252. The van der Waals surface area contributed by atoms with Gasteiger partial charge in [0.2, 0.25) is 0 Å². The summed E-state index contributed by atoms with van der Waals surface area (Å²) in [5, 5.41) is 3.36. The summed E-state index contributed by atoms with van der Waals surface area (Å²) in [7, 11) is 0. The molecule has 0 aromatic carbocycles. The zero-order chi connectivity index (χ0) is 13.5. The fourth-order valence-corrected chi connectivity index (χ4v) is 2.55. The Balaban J connectivity index is 1.64. The third-order valence-corrected chi connectivity index (χ3v) is 3.63. The van der Waals surface area contributed by atoms with E-state index in [4.69, 9.17) is 9.15 Å². The third kappa shape index (κ3) is 4.62. The van der Waals surface area contributed by atoms with E-state index in [9.17, 15) is 0 Å². The monoisotopic (exact) mass is 266 g/mol. The van der Waals surface area contributed by atoms with Gasteiger partial charge in [-0.05, 0) is 38.6 Å². The zero-order valence-corrected chi connectivity index (χ0v) is 12.2. The Labute approximate surface area is 115 Å². The summed E-state index contributed by atoms with van der Waals surface area (Å²) in [6.07, 6.45) is 7.77. The smallest absolute Gasteiger partial charge is 0.195 e. The first-order valence-corrected chi connectivity index (χ1v) is 7.57. The van der Waals surface area contributed by atoms with E-state index < -0.39 is 0 Å². The average Bonchev–Trinajstić information content (AvgIpc) is 2.80. The minimum Gasteiger partial charge on any atom is -0.446 e. The van der Waals surface area contributed by atoms with E-state index >= 15 is 0 Å².